The van der Waals surface area contributed by atoms with E-state index >= 15 is 0 Å². The fourth-order valence-electron chi connectivity index (χ4n) is 1.72. The summed E-state index contributed by atoms with van der Waals surface area (Å²) in [4.78, 5) is 25.1. The van der Waals surface area contributed by atoms with Gasteiger partial charge in [0.25, 0.3) is 0 Å². The Kier molecular flexibility index (Phi) is 5.69. The van der Waals surface area contributed by atoms with Crippen molar-refractivity contribution in [3.63, 3.8) is 0 Å². The van der Waals surface area contributed by atoms with E-state index in [1.54, 1.807) is 11.8 Å². The minimum atomic E-state index is -0.157. The van der Waals surface area contributed by atoms with Gasteiger partial charge >= 0.3 is 0 Å². The number of hydrogen-bond donors (Lipinski definition) is 2. The van der Waals surface area contributed by atoms with Crippen molar-refractivity contribution in [2.24, 2.45) is 0 Å². The molecule has 17 heavy (non-hydrogen) atoms. The van der Waals surface area contributed by atoms with Crippen LogP contribution in [0.5, 0.6) is 0 Å². The maximum absolute atomic E-state index is 11.7. The number of hydrogen-bond acceptors (Lipinski definition) is 3. The second-order valence-electron chi connectivity index (χ2n) is 4.11. The van der Waals surface area contributed by atoms with Gasteiger partial charge in [-0.25, -0.2) is 0 Å². The summed E-state index contributed by atoms with van der Waals surface area (Å²) < 4.78 is 0. The van der Waals surface area contributed by atoms with E-state index < -0.39 is 0 Å². The fraction of sp³-hybridized carbons (Fsp3) is 0.667. The Morgan fingerprint density at radius 3 is 2.59 bits per heavy atom. The monoisotopic (exact) mass is 239 g/mol. The molecule has 0 aromatic carbocycles. The van der Waals surface area contributed by atoms with Gasteiger partial charge in [0.2, 0.25) is 11.8 Å². The molecule has 1 aliphatic rings. The molecule has 1 heterocycles. The zero-order valence-electron chi connectivity index (χ0n) is 10.6. The third kappa shape index (κ3) is 4.56. The molecule has 0 unspecified atom stereocenters. The largest absolute Gasteiger partial charge is 0.343 e. The van der Waals surface area contributed by atoms with Gasteiger partial charge in [-0.05, 0) is 13.3 Å². The van der Waals surface area contributed by atoms with Gasteiger partial charge in [0.1, 0.15) is 0 Å². The van der Waals surface area contributed by atoms with E-state index in [4.69, 9.17) is 0 Å². The van der Waals surface area contributed by atoms with E-state index in [9.17, 15) is 9.59 Å². The topological polar surface area (TPSA) is 61.4 Å². The lowest BCUT2D eigenvalue weighted by molar-refractivity contribution is -0.132. The molecule has 1 fully saturated rings. The minimum absolute atomic E-state index is 0.0100. The summed E-state index contributed by atoms with van der Waals surface area (Å²) in [5, 5.41) is 5.82. The van der Waals surface area contributed by atoms with E-state index in [-0.39, 0.29) is 18.4 Å². The predicted molar refractivity (Wildman–Crippen MR) is 66.5 cm³/mol. The van der Waals surface area contributed by atoms with Crippen LogP contribution in [0.2, 0.25) is 0 Å². The standard InChI is InChI=1S/C12H21N3O2/c1-3-4-10(2)12(17)14-9-11(16)15-7-5-13-6-8-15/h4,13H,3,5-9H2,1-2H3,(H,14,17)/b10-4-. The first kappa shape index (κ1) is 13.7. The number of amides is 2. The summed E-state index contributed by atoms with van der Waals surface area (Å²) in [7, 11) is 0. The van der Waals surface area contributed by atoms with Gasteiger partial charge in [0, 0.05) is 31.8 Å². The van der Waals surface area contributed by atoms with Crippen LogP contribution in [0.1, 0.15) is 20.3 Å². The minimum Gasteiger partial charge on any atom is -0.343 e. The smallest absolute Gasteiger partial charge is 0.247 e. The number of carbonyl (C=O) groups excluding carboxylic acids is 2. The molecule has 0 aromatic heterocycles. The van der Waals surface area contributed by atoms with Gasteiger partial charge in [-0.3, -0.25) is 9.59 Å². The first-order valence-corrected chi connectivity index (χ1v) is 6.08. The molecule has 0 saturated carbocycles. The molecule has 2 N–H and O–H groups in total. The van der Waals surface area contributed by atoms with Crippen LogP contribution < -0.4 is 10.6 Å². The molecular weight excluding hydrogens is 218 g/mol. The summed E-state index contributed by atoms with van der Waals surface area (Å²) in [6.07, 6.45) is 2.68. The molecule has 0 aromatic rings. The molecule has 1 aliphatic heterocycles. The van der Waals surface area contributed by atoms with Gasteiger partial charge in [-0.15, -0.1) is 0 Å². The molecule has 1 rings (SSSR count). The maximum atomic E-state index is 11.7. The van der Waals surface area contributed by atoms with Crippen molar-refractivity contribution < 1.29 is 9.59 Å². The number of carbonyl (C=O) groups is 2. The quantitative estimate of drug-likeness (QED) is 0.673. The van der Waals surface area contributed by atoms with Crippen molar-refractivity contribution >= 4 is 11.8 Å². The van der Waals surface area contributed by atoms with Crippen LogP contribution in [-0.4, -0.2) is 49.4 Å². The molecular formula is C12H21N3O2. The van der Waals surface area contributed by atoms with Gasteiger partial charge in [0.05, 0.1) is 6.54 Å². The van der Waals surface area contributed by atoms with Crippen LogP contribution in [0.4, 0.5) is 0 Å². The van der Waals surface area contributed by atoms with Crippen LogP contribution in [-0.2, 0) is 9.59 Å². The number of piperazine rings is 1. The fourth-order valence-corrected chi connectivity index (χ4v) is 1.72. The molecule has 5 nitrogen and oxygen atoms in total. The number of allylic oxidation sites excluding steroid dienone is 1. The van der Waals surface area contributed by atoms with Gasteiger partial charge < -0.3 is 15.5 Å². The molecule has 2 amide bonds. The molecule has 0 spiro atoms. The summed E-state index contributed by atoms with van der Waals surface area (Å²) in [5.74, 6) is -0.167. The van der Waals surface area contributed by atoms with Crippen molar-refractivity contribution in [1.82, 2.24) is 15.5 Å². The highest BCUT2D eigenvalue weighted by atomic mass is 16.2. The van der Waals surface area contributed by atoms with Gasteiger partial charge in [-0.1, -0.05) is 13.0 Å². The summed E-state index contributed by atoms with van der Waals surface area (Å²) >= 11 is 0. The summed E-state index contributed by atoms with van der Waals surface area (Å²) in [6, 6.07) is 0. The molecule has 5 heteroatoms. The first-order chi connectivity index (χ1) is 8.15. The number of nitrogens with zero attached hydrogens (tertiary/aromatic N) is 1. The van der Waals surface area contributed by atoms with E-state index in [0.29, 0.717) is 5.57 Å². The number of nitrogens with one attached hydrogen (secondary N) is 2. The van der Waals surface area contributed by atoms with Crippen LogP contribution >= 0.6 is 0 Å². The van der Waals surface area contributed by atoms with Crippen LogP contribution in [0.3, 0.4) is 0 Å². The third-order valence-corrected chi connectivity index (χ3v) is 2.74. The normalized spacial score (nSPS) is 16.8. The van der Waals surface area contributed by atoms with Crippen LogP contribution in [0, 0.1) is 0 Å². The summed E-state index contributed by atoms with van der Waals surface area (Å²) in [6.45, 7) is 6.92. The Morgan fingerprint density at radius 1 is 1.35 bits per heavy atom. The molecule has 0 bridgehead atoms. The molecule has 96 valence electrons. The van der Waals surface area contributed by atoms with Crippen molar-refractivity contribution in [3.05, 3.63) is 11.6 Å². The molecule has 0 radical (unpaired) electrons. The highest BCUT2D eigenvalue weighted by Gasteiger charge is 2.16. The van der Waals surface area contributed by atoms with Crippen molar-refractivity contribution in [3.8, 4) is 0 Å². The van der Waals surface area contributed by atoms with Crippen molar-refractivity contribution in [2.75, 3.05) is 32.7 Å². The zero-order valence-corrected chi connectivity index (χ0v) is 10.6. The van der Waals surface area contributed by atoms with Crippen molar-refractivity contribution in [2.45, 2.75) is 20.3 Å². The Morgan fingerprint density at radius 2 is 2.00 bits per heavy atom. The van der Waals surface area contributed by atoms with Crippen LogP contribution in [0.15, 0.2) is 11.6 Å². The third-order valence-electron chi connectivity index (χ3n) is 2.74. The molecule has 0 atom stereocenters. The lowest BCUT2D eigenvalue weighted by Crippen LogP contribution is -2.49. The predicted octanol–water partition coefficient (Wildman–Crippen LogP) is -0.109. The first-order valence-electron chi connectivity index (χ1n) is 6.08. The zero-order chi connectivity index (χ0) is 12.7. The lowest BCUT2D eigenvalue weighted by atomic mass is 10.2. The number of rotatable bonds is 4. The average Bonchev–Trinajstić information content (AvgIpc) is 2.36. The maximum Gasteiger partial charge on any atom is 0.247 e. The van der Waals surface area contributed by atoms with E-state index in [0.717, 1.165) is 32.6 Å². The highest BCUT2D eigenvalue weighted by Crippen LogP contribution is 1.96. The Balaban J connectivity index is 2.32. The lowest BCUT2D eigenvalue weighted by Gasteiger charge is -2.27. The average molecular weight is 239 g/mol. The highest BCUT2D eigenvalue weighted by molar-refractivity contribution is 5.95. The Hall–Kier alpha value is -1.36. The van der Waals surface area contributed by atoms with Gasteiger partial charge in [-0.2, -0.15) is 0 Å². The van der Waals surface area contributed by atoms with E-state index in [1.165, 1.54) is 0 Å². The summed E-state index contributed by atoms with van der Waals surface area (Å²) in [5.41, 5.74) is 0.667. The Bertz CT molecular complexity index is 307. The van der Waals surface area contributed by atoms with E-state index in [2.05, 4.69) is 10.6 Å². The van der Waals surface area contributed by atoms with Crippen LogP contribution in [0.25, 0.3) is 0 Å². The SMILES string of the molecule is CC/C=C(/C)C(=O)NCC(=O)N1CCNCC1. The van der Waals surface area contributed by atoms with Crippen molar-refractivity contribution in [1.29, 1.82) is 0 Å². The molecule has 0 aliphatic carbocycles. The molecule has 1 saturated heterocycles. The Labute approximate surface area is 102 Å². The second-order valence-corrected chi connectivity index (χ2v) is 4.11. The van der Waals surface area contributed by atoms with E-state index in [1.807, 2.05) is 13.0 Å². The van der Waals surface area contributed by atoms with Gasteiger partial charge in [0.15, 0.2) is 0 Å². The second kappa shape index (κ2) is 7.06.